The predicted molar refractivity (Wildman–Crippen MR) is 118 cm³/mol. The second-order valence-electron chi connectivity index (χ2n) is 7.58. The Morgan fingerprint density at radius 2 is 1.87 bits per heavy atom. The van der Waals surface area contributed by atoms with Gasteiger partial charge in [-0.25, -0.2) is 5.01 Å². The van der Waals surface area contributed by atoms with Crippen LogP contribution >= 0.6 is 34.5 Å². The molecule has 0 spiro atoms. The number of allylic oxidation sites excluding steroid dienone is 2. The summed E-state index contributed by atoms with van der Waals surface area (Å²) in [5.41, 5.74) is 1.15. The highest BCUT2D eigenvalue weighted by atomic mass is 35.5. The molecule has 1 aromatic heterocycles. The molecule has 160 valence electrons. The van der Waals surface area contributed by atoms with E-state index in [9.17, 15) is 19.2 Å². The minimum atomic E-state index is -0.673. The molecule has 4 rings (SSSR count). The van der Waals surface area contributed by atoms with Crippen molar-refractivity contribution in [2.75, 3.05) is 6.54 Å². The predicted octanol–water partition coefficient (Wildman–Crippen LogP) is 4.64. The molecule has 0 N–H and O–H groups in total. The summed E-state index contributed by atoms with van der Waals surface area (Å²) >= 11 is 13.2. The molecule has 1 fully saturated rings. The Balaban J connectivity index is 1.70. The summed E-state index contributed by atoms with van der Waals surface area (Å²) in [5, 5.41) is 3.97. The number of amides is 3. The largest absolute Gasteiger partial charge is 0.291 e. The number of thiophene rings is 1. The lowest BCUT2D eigenvalue weighted by Crippen LogP contribution is -2.52. The maximum atomic E-state index is 13.4. The van der Waals surface area contributed by atoms with Gasteiger partial charge >= 0.3 is 0 Å². The van der Waals surface area contributed by atoms with Crippen LogP contribution < -0.4 is 0 Å². The van der Waals surface area contributed by atoms with Crippen molar-refractivity contribution in [1.29, 1.82) is 0 Å². The van der Waals surface area contributed by atoms with Gasteiger partial charge in [-0.05, 0) is 49.4 Å². The van der Waals surface area contributed by atoms with E-state index in [1.165, 1.54) is 29.5 Å². The molecule has 2 aliphatic rings. The van der Waals surface area contributed by atoms with Gasteiger partial charge in [0.05, 0.1) is 26.8 Å². The highest BCUT2D eigenvalue weighted by Gasteiger charge is 2.51. The molecule has 3 amide bonds. The fourth-order valence-corrected chi connectivity index (χ4v) is 4.88. The minimum Gasteiger partial charge on any atom is -0.291 e. The van der Waals surface area contributed by atoms with Gasteiger partial charge in [0.15, 0.2) is 5.78 Å². The Kier molecular flexibility index (Phi) is 6.01. The van der Waals surface area contributed by atoms with Gasteiger partial charge in [-0.2, -0.15) is 5.01 Å². The Morgan fingerprint density at radius 3 is 2.55 bits per heavy atom. The van der Waals surface area contributed by atoms with Crippen LogP contribution in [0.15, 0.2) is 47.4 Å². The van der Waals surface area contributed by atoms with Gasteiger partial charge in [0.2, 0.25) is 0 Å². The lowest BCUT2D eigenvalue weighted by molar-refractivity contribution is -0.154. The number of halogens is 2. The number of rotatable bonds is 5. The van der Waals surface area contributed by atoms with E-state index in [2.05, 4.69) is 0 Å². The van der Waals surface area contributed by atoms with E-state index < -0.39 is 36.1 Å². The van der Waals surface area contributed by atoms with Gasteiger partial charge in [0, 0.05) is 5.56 Å². The highest BCUT2D eigenvalue weighted by molar-refractivity contribution is 7.12. The molecule has 0 bridgehead atoms. The molecule has 0 saturated carbocycles. The minimum absolute atomic E-state index is 0.123. The Bertz CT molecular complexity index is 1110. The van der Waals surface area contributed by atoms with Gasteiger partial charge < -0.3 is 0 Å². The fourth-order valence-electron chi connectivity index (χ4n) is 3.92. The van der Waals surface area contributed by atoms with Crippen molar-refractivity contribution in [2.24, 2.45) is 11.8 Å². The quantitative estimate of drug-likeness (QED) is 0.358. The van der Waals surface area contributed by atoms with Crippen LogP contribution in [0.3, 0.4) is 0 Å². The average Bonchev–Trinajstić information content (AvgIpc) is 3.36. The molecule has 6 nitrogen and oxygen atoms in total. The fraction of sp³-hybridized carbons (Fsp3) is 0.273. The van der Waals surface area contributed by atoms with Crippen molar-refractivity contribution in [3.05, 3.63) is 67.8 Å². The van der Waals surface area contributed by atoms with E-state index in [1.807, 2.05) is 13.0 Å². The Morgan fingerprint density at radius 1 is 1.13 bits per heavy atom. The van der Waals surface area contributed by atoms with Crippen LogP contribution in [0.25, 0.3) is 0 Å². The average molecular weight is 477 g/mol. The van der Waals surface area contributed by atoms with Crippen LogP contribution in [0.4, 0.5) is 0 Å². The Labute approximate surface area is 193 Å². The molecule has 1 aliphatic carbocycles. The van der Waals surface area contributed by atoms with Crippen molar-refractivity contribution in [2.45, 2.75) is 19.8 Å². The van der Waals surface area contributed by atoms with Gasteiger partial charge in [-0.3, -0.25) is 19.2 Å². The van der Waals surface area contributed by atoms with E-state index in [0.717, 1.165) is 15.6 Å². The van der Waals surface area contributed by atoms with Crippen LogP contribution in [0.1, 0.15) is 39.8 Å². The van der Waals surface area contributed by atoms with Crippen molar-refractivity contribution < 1.29 is 19.2 Å². The smallest absolute Gasteiger partial charge is 0.273 e. The third-order valence-electron chi connectivity index (χ3n) is 5.53. The van der Waals surface area contributed by atoms with E-state index in [-0.39, 0.29) is 21.4 Å². The lowest BCUT2D eigenvalue weighted by atomic mass is 9.82. The van der Waals surface area contributed by atoms with E-state index >= 15 is 0 Å². The van der Waals surface area contributed by atoms with E-state index in [4.69, 9.17) is 23.2 Å². The van der Waals surface area contributed by atoms with E-state index in [1.54, 1.807) is 17.5 Å². The second kappa shape index (κ2) is 8.57. The topological polar surface area (TPSA) is 74.8 Å². The zero-order valence-corrected chi connectivity index (χ0v) is 18.8. The molecular formula is C22H18Cl2N2O4S. The Hall–Kier alpha value is -2.48. The van der Waals surface area contributed by atoms with Gasteiger partial charge in [0.1, 0.15) is 6.54 Å². The molecule has 2 heterocycles. The maximum absolute atomic E-state index is 13.4. The molecule has 1 aliphatic heterocycles. The van der Waals surface area contributed by atoms with Crippen LogP contribution in [0, 0.1) is 11.8 Å². The number of carbonyl (C=O) groups is 4. The first-order valence-electron chi connectivity index (χ1n) is 9.65. The first-order chi connectivity index (χ1) is 14.8. The maximum Gasteiger partial charge on any atom is 0.273 e. The van der Waals surface area contributed by atoms with Crippen molar-refractivity contribution in [1.82, 2.24) is 10.0 Å². The summed E-state index contributed by atoms with van der Waals surface area (Å²) in [6, 6.07) is 7.62. The highest BCUT2D eigenvalue weighted by Crippen LogP contribution is 2.38. The summed E-state index contributed by atoms with van der Waals surface area (Å²) in [6.07, 6.45) is 2.84. The van der Waals surface area contributed by atoms with Gasteiger partial charge in [-0.15, -0.1) is 11.3 Å². The summed E-state index contributed by atoms with van der Waals surface area (Å²) in [6.45, 7) is 1.47. The van der Waals surface area contributed by atoms with Crippen LogP contribution in [0.2, 0.25) is 10.0 Å². The van der Waals surface area contributed by atoms with Crippen LogP contribution in [0.5, 0.6) is 0 Å². The summed E-state index contributed by atoms with van der Waals surface area (Å²) in [5.74, 6) is -3.03. The summed E-state index contributed by atoms with van der Waals surface area (Å²) < 4.78 is 0. The number of carbonyl (C=O) groups excluding carboxylic acids is 4. The third-order valence-corrected chi connectivity index (χ3v) is 7.18. The number of hydrogen-bond donors (Lipinski definition) is 0. The zero-order chi connectivity index (χ0) is 22.3. The first kappa shape index (κ1) is 21.7. The van der Waals surface area contributed by atoms with Gasteiger partial charge in [0.25, 0.3) is 17.7 Å². The molecule has 1 aromatic carbocycles. The number of hydrogen-bond acceptors (Lipinski definition) is 5. The normalized spacial score (nSPS) is 20.5. The summed E-state index contributed by atoms with van der Waals surface area (Å²) in [4.78, 5) is 53.0. The van der Waals surface area contributed by atoms with Crippen molar-refractivity contribution in [3.63, 3.8) is 0 Å². The molecule has 0 radical (unpaired) electrons. The molecular weight excluding hydrogens is 459 g/mol. The monoisotopic (exact) mass is 476 g/mol. The number of fused-ring (bicyclic) bond motifs is 1. The summed E-state index contributed by atoms with van der Waals surface area (Å²) in [7, 11) is 0. The number of imide groups is 1. The number of Topliss-reactive ketones (excluding diaryl/α,β-unsaturated/α-hetero) is 1. The number of nitrogens with zero attached hydrogens (tertiary/aromatic N) is 2. The van der Waals surface area contributed by atoms with Crippen molar-refractivity contribution in [3.8, 4) is 0 Å². The molecule has 2 aromatic rings. The van der Waals surface area contributed by atoms with Crippen LogP contribution in [-0.4, -0.2) is 40.1 Å². The SMILES string of the molecule is CC1=CC[C@H]2C(=O)N(N(CC(=O)c3cccs3)C(=O)c3ccc(Cl)c(Cl)c3)C(=O)[C@H]2C1. The van der Waals surface area contributed by atoms with Crippen molar-refractivity contribution >= 4 is 58.0 Å². The number of ketones is 1. The molecule has 2 atom stereocenters. The zero-order valence-electron chi connectivity index (χ0n) is 16.5. The van der Waals surface area contributed by atoms with Crippen LogP contribution in [-0.2, 0) is 9.59 Å². The number of hydrazine groups is 1. The standard InChI is InChI=1S/C22H18Cl2N2O4S/c1-12-4-6-14-15(9-12)22(30)26(21(14)29)25(11-18(27)19-3-2-8-31-19)20(28)13-5-7-16(23)17(24)10-13/h2-5,7-8,10,14-15H,6,9,11H2,1H3/t14-,15+/m1/s1. The lowest BCUT2D eigenvalue weighted by Gasteiger charge is -2.30. The molecule has 31 heavy (non-hydrogen) atoms. The molecule has 1 saturated heterocycles. The molecule has 0 unspecified atom stereocenters. The second-order valence-corrected chi connectivity index (χ2v) is 9.35. The third kappa shape index (κ3) is 4.05. The van der Waals surface area contributed by atoms with E-state index in [0.29, 0.717) is 17.7 Å². The number of benzene rings is 1. The van der Waals surface area contributed by atoms with Gasteiger partial charge in [-0.1, -0.05) is 40.9 Å². The molecule has 9 heteroatoms. The first-order valence-corrected chi connectivity index (χ1v) is 11.3.